The third kappa shape index (κ3) is 3.50. The number of aryl methyl sites for hydroxylation is 1. The number of benzene rings is 3. The van der Waals surface area contributed by atoms with Crippen LogP contribution in [-0.2, 0) is 0 Å². The Kier molecular flexibility index (Phi) is 4.52. The van der Waals surface area contributed by atoms with Crippen molar-refractivity contribution in [1.29, 1.82) is 0 Å². The second-order valence-electron chi connectivity index (χ2n) is 6.10. The molecule has 1 aromatic heterocycles. The quantitative estimate of drug-likeness (QED) is 0.477. The fourth-order valence-corrected chi connectivity index (χ4v) is 3.07. The topological polar surface area (TPSA) is 73.1 Å². The molecule has 1 heterocycles. The molecule has 0 saturated heterocycles. The van der Waals surface area contributed by atoms with Gasteiger partial charge in [0.05, 0.1) is 0 Å². The number of hydrogen-bond acceptors (Lipinski definition) is 5. The van der Waals surface area contributed by atoms with E-state index < -0.39 is 0 Å². The zero-order valence-electron chi connectivity index (χ0n) is 14.6. The number of aromatic nitrogens is 2. The monoisotopic (exact) mass is 376 g/mol. The molecule has 3 N–H and O–H groups in total. The van der Waals surface area contributed by atoms with E-state index in [9.17, 15) is 0 Å². The zero-order valence-corrected chi connectivity index (χ0v) is 15.4. The molecule has 0 aliphatic carbocycles. The van der Waals surface area contributed by atoms with Crippen LogP contribution < -0.4 is 15.8 Å². The Morgan fingerprint density at radius 2 is 1.81 bits per heavy atom. The molecule has 5 nitrogen and oxygen atoms in total. The van der Waals surface area contributed by atoms with E-state index in [2.05, 4.69) is 15.3 Å². The highest BCUT2D eigenvalue weighted by molar-refractivity contribution is 6.30. The Hall–Kier alpha value is -3.31. The van der Waals surface area contributed by atoms with Crippen LogP contribution in [-0.4, -0.2) is 9.97 Å². The lowest BCUT2D eigenvalue weighted by Gasteiger charge is -2.14. The first kappa shape index (κ1) is 17.1. The summed E-state index contributed by atoms with van der Waals surface area (Å²) in [6, 6.07) is 19.4. The lowest BCUT2D eigenvalue weighted by Crippen LogP contribution is -2.04. The van der Waals surface area contributed by atoms with Gasteiger partial charge in [0.1, 0.15) is 17.8 Å². The average Bonchev–Trinajstić information content (AvgIpc) is 2.67. The van der Waals surface area contributed by atoms with Crippen LogP contribution in [0.5, 0.6) is 11.6 Å². The second-order valence-corrected chi connectivity index (χ2v) is 6.54. The Labute approximate surface area is 161 Å². The van der Waals surface area contributed by atoms with Gasteiger partial charge in [-0.2, -0.15) is 4.98 Å². The molecular formula is C21H17ClN4O. The van der Waals surface area contributed by atoms with Gasteiger partial charge in [0.15, 0.2) is 5.82 Å². The minimum Gasteiger partial charge on any atom is -0.436 e. The van der Waals surface area contributed by atoms with Gasteiger partial charge in [-0.15, -0.1) is 0 Å². The van der Waals surface area contributed by atoms with E-state index in [4.69, 9.17) is 22.1 Å². The number of nitrogen functional groups attached to an aromatic ring is 1. The minimum atomic E-state index is 0.301. The lowest BCUT2D eigenvalue weighted by atomic mass is 10.1. The normalized spacial score (nSPS) is 10.7. The summed E-state index contributed by atoms with van der Waals surface area (Å²) in [5.74, 6) is 1.47. The predicted octanol–water partition coefficient (Wildman–Crippen LogP) is 5.71. The van der Waals surface area contributed by atoms with Crippen LogP contribution in [0.25, 0.3) is 10.8 Å². The van der Waals surface area contributed by atoms with E-state index in [-0.39, 0.29) is 0 Å². The number of ether oxygens (including phenoxy) is 1. The van der Waals surface area contributed by atoms with Gasteiger partial charge in [0.25, 0.3) is 0 Å². The second kappa shape index (κ2) is 7.13. The molecule has 27 heavy (non-hydrogen) atoms. The maximum Gasteiger partial charge on any atom is 0.248 e. The summed E-state index contributed by atoms with van der Waals surface area (Å²) in [6.45, 7) is 1.96. The van der Waals surface area contributed by atoms with Gasteiger partial charge < -0.3 is 15.8 Å². The number of fused-ring (bicyclic) bond motifs is 1. The van der Waals surface area contributed by atoms with E-state index in [1.54, 1.807) is 0 Å². The van der Waals surface area contributed by atoms with Crippen LogP contribution in [0.3, 0.4) is 0 Å². The summed E-state index contributed by atoms with van der Waals surface area (Å²) in [5.41, 5.74) is 8.44. The van der Waals surface area contributed by atoms with Gasteiger partial charge in [-0.3, -0.25) is 0 Å². The summed E-state index contributed by atoms with van der Waals surface area (Å²) in [4.78, 5) is 8.44. The van der Waals surface area contributed by atoms with E-state index in [1.807, 2.05) is 67.6 Å². The van der Waals surface area contributed by atoms with Crippen molar-refractivity contribution in [3.05, 3.63) is 77.6 Å². The molecule has 0 aliphatic heterocycles. The van der Waals surface area contributed by atoms with E-state index in [0.717, 1.165) is 22.0 Å². The molecule has 0 amide bonds. The van der Waals surface area contributed by atoms with Gasteiger partial charge in [0, 0.05) is 16.1 Å². The third-order valence-corrected chi connectivity index (χ3v) is 4.48. The number of nitrogens with one attached hydrogen (secondary N) is 1. The Morgan fingerprint density at radius 1 is 1.00 bits per heavy atom. The number of halogens is 1. The highest BCUT2D eigenvalue weighted by Crippen LogP contribution is 2.34. The molecule has 134 valence electrons. The molecule has 4 rings (SSSR count). The van der Waals surface area contributed by atoms with Crippen molar-refractivity contribution in [2.75, 3.05) is 11.1 Å². The molecule has 0 aliphatic rings. The maximum absolute atomic E-state index is 6.26. The molecule has 0 radical (unpaired) electrons. The van der Waals surface area contributed by atoms with Crippen molar-refractivity contribution < 1.29 is 4.74 Å². The van der Waals surface area contributed by atoms with Crippen molar-refractivity contribution in [2.24, 2.45) is 0 Å². The number of anilines is 3. The summed E-state index contributed by atoms with van der Waals surface area (Å²) in [5, 5.41) is 5.96. The standard InChI is InChI=1S/C21H17ClN4O/c1-13-11-15(22)9-10-17(13)26-20-19(23)21(25-12-24-20)27-18-8-4-6-14-5-2-3-7-16(14)18/h2-12H,23H2,1H3,(H,24,25,26). The molecule has 3 aromatic carbocycles. The number of nitrogens with two attached hydrogens (primary N) is 1. The van der Waals surface area contributed by atoms with E-state index >= 15 is 0 Å². The van der Waals surface area contributed by atoms with Crippen molar-refractivity contribution in [2.45, 2.75) is 6.92 Å². The van der Waals surface area contributed by atoms with Crippen molar-refractivity contribution in [3.8, 4) is 11.6 Å². The third-order valence-electron chi connectivity index (χ3n) is 4.25. The van der Waals surface area contributed by atoms with Crippen molar-refractivity contribution >= 4 is 39.6 Å². The predicted molar refractivity (Wildman–Crippen MR) is 110 cm³/mol. The van der Waals surface area contributed by atoms with Crippen LogP contribution >= 0.6 is 11.6 Å². The van der Waals surface area contributed by atoms with Crippen LogP contribution in [0.1, 0.15) is 5.56 Å². The molecule has 0 unspecified atom stereocenters. The number of hydrogen-bond donors (Lipinski definition) is 2. The van der Waals surface area contributed by atoms with Gasteiger partial charge in [0.2, 0.25) is 5.88 Å². The largest absolute Gasteiger partial charge is 0.436 e. The highest BCUT2D eigenvalue weighted by Gasteiger charge is 2.13. The first-order valence-corrected chi connectivity index (χ1v) is 8.79. The van der Waals surface area contributed by atoms with Crippen LogP contribution in [0.2, 0.25) is 5.02 Å². The fraction of sp³-hybridized carbons (Fsp3) is 0.0476. The van der Waals surface area contributed by atoms with Gasteiger partial charge in [-0.05, 0) is 42.1 Å². The highest BCUT2D eigenvalue weighted by atomic mass is 35.5. The van der Waals surface area contributed by atoms with E-state index in [0.29, 0.717) is 28.2 Å². The molecule has 6 heteroatoms. The van der Waals surface area contributed by atoms with Gasteiger partial charge in [-0.25, -0.2) is 4.98 Å². The first-order valence-electron chi connectivity index (χ1n) is 8.41. The Balaban J connectivity index is 1.67. The fourth-order valence-electron chi connectivity index (χ4n) is 2.84. The maximum atomic E-state index is 6.26. The van der Waals surface area contributed by atoms with Gasteiger partial charge in [-0.1, -0.05) is 48.0 Å². The summed E-state index contributed by atoms with van der Waals surface area (Å²) < 4.78 is 6.01. The smallest absolute Gasteiger partial charge is 0.248 e. The van der Waals surface area contributed by atoms with Crippen LogP contribution in [0.15, 0.2) is 67.0 Å². The number of nitrogens with zero attached hydrogens (tertiary/aromatic N) is 2. The molecule has 4 aromatic rings. The Morgan fingerprint density at radius 3 is 2.67 bits per heavy atom. The van der Waals surface area contributed by atoms with Crippen LogP contribution in [0, 0.1) is 6.92 Å². The minimum absolute atomic E-state index is 0.301. The number of rotatable bonds is 4. The molecular weight excluding hydrogens is 360 g/mol. The summed E-state index contributed by atoms with van der Waals surface area (Å²) in [7, 11) is 0. The lowest BCUT2D eigenvalue weighted by molar-refractivity contribution is 0.470. The summed E-state index contributed by atoms with van der Waals surface area (Å²) >= 11 is 6.02. The molecule has 0 fully saturated rings. The zero-order chi connectivity index (χ0) is 18.8. The van der Waals surface area contributed by atoms with Crippen molar-refractivity contribution in [1.82, 2.24) is 9.97 Å². The van der Waals surface area contributed by atoms with E-state index in [1.165, 1.54) is 6.33 Å². The van der Waals surface area contributed by atoms with Gasteiger partial charge >= 0.3 is 0 Å². The summed E-state index contributed by atoms with van der Waals surface area (Å²) in [6.07, 6.45) is 1.42. The SMILES string of the molecule is Cc1cc(Cl)ccc1Nc1ncnc(Oc2cccc3ccccc23)c1N. The molecule has 0 saturated carbocycles. The van der Waals surface area contributed by atoms with Crippen molar-refractivity contribution in [3.63, 3.8) is 0 Å². The van der Waals surface area contributed by atoms with Crippen LogP contribution in [0.4, 0.5) is 17.2 Å². The molecule has 0 spiro atoms. The average molecular weight is 377 g/mol. The Bertz CT molecular complexity index is 1120. The molecule has 0 bridgehead atoms. The first-order chi connectivity index (χ1) is 13.1. The molecule has 0 atom stereocenters.